The predicted molar refractivity (Wildman–Crippen MR) is 101 cm³/mol. The molecule has 0 bridgehead atoms. The minimum atomic E-state index is 0. The monoisotopic (exact) mass is 206 g/mol. The molecule has 0 amide bonds. The van der Waals surface area contributed by atoms with Gasteiger partial charge in [0.25, 0.3) is 0 Å². The zero-order valence-electron chi connectivity index (χ0n) is 8.84. The normalized spacial score (nSPS) is 8.80. The van der Waals surface area contributed by atoms with Crippen molar-refractivity contribution in [1.82, 2.24) is 0 Å². The third kappa shape index (κ3) is 6.70. The van der Waals surface area contributed by atoms with Crippen LogP contribution < -0.4 is 0 Å². The molecule has 1 aromatic rings. The molecule has 0 aliphatic carbocycles. The number of benzene rings is 1. The minimum Gasteiger partial charge on any atom is -0.114 e. The predicted octanol–water partition coefficient (Wildman–Crippen LogP) is 2.48. The lowest BCUT2D eigenvalue weighted by molar-refractivity contribution is 1.38. The molecule has 8 radical (unpaired) electrons. The lowest BCUT2D eigenvalue weighted by Gasteiger charge is -1.98. The molecule has 0 aromatic heterocycles. The highest BCUT2D eigenvalue weighted by Gasteiger charge is 1.96. The van der Waals surface area contributed by atoms with Gasteiger partial charge in [0.15, 0.2) is 0 Å². The largest absolute Gasteiger partial charge is 0.114 e. The molecule has 1 aromatic carbocycles. The summed E-state index contributed by atoms with van der Waals surface area (Å²) in [6.07, 6.45) is 2.02. The zero-order valence-corrected chi connectivity index (χ0v) is 8.84. The quantitative estimate of drug-likeness (QED) is 0.451. The van der Waals surface area contributed by atoms with E-state index in [0.717, 1.165) is 12.5 Å². The second-order valence-corrected chi connectivity index (χ2v) is 3.22. The fraction of sp³-hybridized carbons (Fsp3) is 0.250. The van der Waals surface area contributed by atoms with E-state index in [9.17, 15) is 0 Å². The van der Waals surface area contributed by atoms with Crippen molar-refractivity contribution in [1.29, 1.82) is 0 Å². The van der Waals surface area contributed by atoms with Gasteiger partial charge in [-0.3, -0.25) is 0 Å². The molecule has 86 valence electrons. The molecule has 0 spiro atoms. The Kier molecular flexibility index (Phi) is 7.60. The second kappa shape index (κ2) is 8.94. The van der Waals surface area contributed by atoms with Crippen molar-refractivity contribution >= 4 is 50.4 Å². The van der Waals surface area contributed by atoms with Crippen LogP contribution >= 0.6 is 0 Å². The summed E-state index contributed by atoms with van der Waals surface area (Å²) in [4.78, 5) is 0. The molecular weight excluding hydrogens is 172 g/mol. The smallest absolute Gasteiger partial charge is 0.106 e. The lowest BCUT2D eigenvalue weighted by Crippen LogP contribution is -2.24. The van der Waals surface area contributed by atoms with Crippen LogP contribution in [0.4, 0.5) is 0 Å². The molecule has 0 saturated heterocycles. The van der Waals surface area contributed by atoms with Crippen molar-refractivity contribution in [3.63, 3.8) is 0 Å². The molecule has 1 rings (SSSR count). The van der Waals surface area contributed by atoms with E-state index in [1.807, 2.05) is 27.2 Å². The zero-order chi connectivity index (χ0) is 10.8. The molecule has 0 fully saturated rings. The van der Waals surface area contributed by atoms with E-state index in [1.54, 1.807) is 0 Å². The molecular formula is C8H33B7. The van der Waals surface area contributed by atoms with Crippen molar-refractivity contribution in [2.45, 2.75) is 12.5 Å². The summed E-state index contributed by atoms with van der Waals surface area (Å²) < 4.78 is 0. The highest BCUT2D eigenvalue weighted by Crippen LogP contribution is 1.98. The van der Waals surface area contributed by atoms with Crippen LogP contribution in [0.3, 0.4) is 0 Å². The van der Waals surface area contributed by atoms with Gasteiger partial charge >= 0.3 is 0 Å². The van der Waals surface area contributed by atoms with Crippen LogP contribution in [0.5, 0.6) is 0 Å². The van der Waals surface area contributed by atoms with Gasteiger partial charge in [0, 0.05) is 60.3 Å². The Hall–Kier alpha value is -0.325. The maximum atomic E-state index is 5.19. The fourth-order valence-corrected chi connectivity index (χ4v) is 1.25. The Balaban J connectivity index is -0.0000000187. The molecule has 0 aliphatic rings. The molecule has 0 saturated carbocycles. The van der Waals surface area contributed by atoms with Gasteiger partial charge in [0.05, 0.1) is 0 Å². The van der Waals surface area contributed by atoms with Crippen LogP contribution in [0.15, 0.2) is 30.3 Å². The highest BCUT2D eigenvalue weighted by molar-refractivity contribution is 7.57. The Bertz CT molecular complexity index is 267. The van der Waals surface area contributed by atoms with Gasteiger partial charge in [-0.15, -0.1) is 6.22 Å². The van der Waals surface area contributed by atoms with Crippen molar-refractivity contribution in [3.05, 3.63) is 35.9 Å². The maximum Gasteiger partial charge on any atom is 0.106 e. The first-order chi connectivity index (χ1) is 7.43. The van der Waals surface area contributed by atoms with E-state index in [4.69, 9.17) is 7.74 Å². The SMILES string of the molecule is [B][B][B][B][B][B]C[B]Cc1ccccc1.[HH].[HH].[HH].[HH].[HH].[HH].[HH].[HH].[HH].[HH].[HH].[HH]. The van der Waals surface area contributed by atoms with Gasteiger partial charge in [-0.1, -0.05) is 42.2 Å². The van der Waals surface area contributed by atoms with Gasteiger partial charge < -0.3 is 0 Å². The minimum absolute atomic E-state index is 0. The van der Waals surface area contributed by atoms with Gasteiger partial charge in [0.2, 0.25) is 0 Å². The molecule has 7 heteroatoms. The van der Waals surface area contributed by atoms with Crippen molar-refractivity contribution in [2.24, 2.45) is 0 Å². The summed E-state index contributed by atoms with van der Waals surface area (Å²) in [6, 6.07) is 10.5. The van der Waals surface area contributed by atoms with Gasteiger partial charge in [0.1, 0.15) is 7.28 Å². The summed E-state index contributed by atoms with van der Waals surface area (Å²) in [5, 5.41) is 0. The Labute approximate surface area is 117 Å². The maximum absolute atomic E-state index is 5.19. The topological polar surface area (TPSA) is 0 Å². The van der Waals surface area contributed by atoms with E-state index < -0.39 is 0 Å². The van der Waals surface area contributed by atoms with Gasteiger partial charge in [-0.2, -0.15) is 0 Å². The van der Waals surface area contributed by atoms with Crippen LogP contribution in [-0.4, -0.2) is 50.4 Å². The molecule has 0 unspecified atom stereocenters. The van der Waals surface area contributed by atoms with Crippen LogP contribution in [0.1, 0.15) is 22.7 Å². The summed E-state index contributed by atoms with van der Waals surface area (Å²) in [5.74, 6) is 0. The Morgan fingerprint density at radius 2 is 1.87 bits per heavy atom. The molecule has 0 aliphatic heterocycles. The van der Waals surface area contributed by atoms with Crippen molar-refractivity contribution < 1.29 is 17.1 Å². The Morgan fingerprint density at radius 3 is 2.60 bits per heavy atom. The second-order valence-electron chi connectivity index (χ2n) is 3.22. The van der Waals surface area contributed by atoms with Crippen LogP contribution in [0.25, 0.3) is 0 Å². The summed E-state index contributed by atoms with van der Waals surface area (Å²) >= 11 is 0. The number of hydrogen-bond donors (Lipinski definition) is 0. The molecule has 0 nitrogen and oxygen atoms in total. The van der Waals surface area contributed by atoms with Crippen molar-refractivity contribution in [2.75, 3.05) is 0 Å². The van der Waals surface area contributed by atoms with Crippen LogP contribution in [-0.2, 0) is 6.32 Å². The van der Waals surface area contributed by atoms with E-state index >= 15 is 0 Å². The van der Waals surface area contributed by atoms with E-state index in [-0.39, 0.29) is 17.1 Å². The standard InChI is InChI=1S/C8H9B7.12H2/c9-12-14-15-13-11-7-10-6-8-4-2-1-3-5-8;;;;;;;;;;;;/h1-5H,6-7H2;12*1H. The van der Waals surface area contributed by atoms with Gasteiger partial charge in [-0.25, -0.2) is 0 Å². The third-order valence-corrected chi connectivity index (χ3v) is 2.00. The third-order valence-electron chi connectivity index (χ3n) is 2.00. The van der Waals surface area contributed by atoms with E-state index in [2.05, 4.69) is 38.7 Å². The molecule has 0 heterocycles. The molecule has 0 atom stereocenters. The van der Waals surface area contributed by atoms with Gasteiger partial charge in [-0.05, 0) is 0 Å². The summed E-state index contributed by atoms with van der Waals surface area (Å²) in [6.45, 7) is 0. The first kappa shape index (κ1) is 12.7. The molecule has 0 N–H and O–H groups in total. The first-order valence-corrected chi connectivity index (χ1v) is 5.16. The van der Waals surface area contributed by atoms with Crippen molar-refractivity contribution in [3.8, 4) is 0 Å². The fourth-order valence-electron chi connectivity index (χ4n) is 1.25. The van der Waals surface area contributed by atoms with E-state index in [1.165, 1.54) is 12.6 Å². The first-order valence-electron chi connectivity index (χ1n) is 5.16. The Morgan fingerprint density at radius 1 is 1.07 bits per heavy atom. The van der Waals surface area contributed by atoms with Crippen LogP contribution in [0, 0.1) is 0 Å². The number of rotatable bonds is 8. The van der Waals surface area contributed by atoms with E-state index in [0.29, 0.717) is 0 Å². The lowest BCUT2D eigenvalue weighted by atomic mass is 8.98. The van der Waals surface area contributed by atoms with Crippen LogP contribution in [0.2, 0.25) is 6.22 Å². The number of hydrogen-bond acceptors (Lipinski definition) is 0. The average molecular weight is 205 g/mol. The average Bonchev–Trinajstić information content (AvgIpc) is 2.29. The highest BCUT2D eigenvalue weighted by atomic mass is 13.8. The molecule has 15 heavy (non-hydrogen) atoms. The summed E-state index contributed by atoms with van der Waals surface area (Å²) in [5.41, 5.74) is 1.36. The summed E-state index contributed by atoms with van der Waals surface area (Å²) in [7, 11) is 16.8.